The summed E-state index contributed by atoms with van der Waals surface area (Å²) in [7, 11) is 0. The normalized spacial score (nSPS) is 19.6. The van der Waals surface area contributed by atoms with Gasteiger partial charge in [0.15, 0.2) is 5.78 Å². The minimum Gasteiger partial charge on any atom is -0.294 e. The molecule has 0 N–H and O–H groups in total. The second-order valence-electron chi connectivity index (χ2n) is 5.38. The lowest BCUT2D eigenvalue weighted by atomic mass is 9.84. The molecule has 0 heterocycles. The van der Waals surface area contributed by atoms with Crippen molar-refractivity contribution in [3.05, 3.63) is 47.1 Å². The summed E-state index contributed by atoms with van der Waals surface area (Å²) in [4.78, 5) is 12.3. The number of ketones is 1. The van der Waals surface area contributed by atoms with Gasteiger partial charge in [0.25, 0.3) is 0 Å². The molecule has 0 aromatic heterocycles. The largest absolute Gasteiger partial charge is 0.294 e. The molecule has 84 valence electrons. The van der Waals surface area contributed by atoms with E-state index in [0.29, 0.717) is 0 Å². The summed E-state index contributed by atoms with van der Waals surface area (Å²) in [5.74, 6) is 0.248. The summed E-state index contributed by atoms with van der Waals surface area (Å²) in [5, 5.41) is 0. The number of carbonyl (C=O) groups is 1. The molecule has 0 saturated heterocycles. The smallest absolute Gasteiger partial charge is 0.168 e. The lowest BCUT2D eigenvalue weighted by Crippen LogP contribution is -2.21. The summed E-state index contributed by atoms with van der Waals surface area (Å²) in [5.41, 5.74) is 3.05. The molecule has 0 bridgehead atoms. The Morgan fingerprint density at radius 1 is 1.19 bits per heavy atom. The lowest BCUT2D eigenvalue weighted by molar-refractivity contribution is -0.122. The Bertz CT molecular complexity index is 437. The second kappa shape index (κ2) is 3.89. The Morgan fingerprint density at radius 3 is 2.50 bits per heavy atom. The van der Waals surface area contributed by atoms with Crippen molar-refractivity contribution in [2.75, 3.05) is 0 Å². The fraction of sp³-hybridized carbons (Fsp3) is 0.400. The molecule has 16 heavy (non-hydrogen) atoms. The Morgan fingerprint density at radius 2 is 1.94 bits per heavy atom. The fourth-order valence-electron chi connectivity index (χ4n) is 2.08. The van der Waals surface area contributed by atoms with Crippen LogP contribution in [0.4, 0.5) is 0 Å². The lowest BCUT2D eigenvalue weighted by Gasteiger charge is -2.18. The first kappa shape index (κ1) is 11.1. The van der Waals surface area contributed by atoms with Crippen LogP contribution in [0.2, 0.25) is 0 Å². The molecule has 0 amide bonds. The zero-order chi connectivity index (χ0) is 11.8. The highest BCUT2D eigenvalue weighted by molar-refractivity contribution is 6.03. The highest BCUT2D eigenvalue weighted by Gasteiger charge is 2.28. The molecule has 0 saturated carbocycles. The number of hydrogen-bond acceptors (Lipinski definition) is 1. The van der Waals surface area contributed by atoms with E-state index in [1.54, 1.807) is 0 Å². The van der Waals surface area contributed by atoms with E-state index in [0.717, 1.165) is 18.4 Å². The first-order valence-electron chi connectivity index (χ1n) is 5.82. The molecule has 0 fully saturated rings. The molecular formula is C15H18O. The Balaban J connectivity index is 2.37. The van der Waals surface area contributed by atoms with Gasteiger partial charge in [-0.1, -0.05) is 51.2 Å². The highest BCUT2D eigenvalue weighted by atomic mass is 16.1. The van der Waals surface area contributed by atoms with Gasteiger partial charge in [0.2, 0.25) is 0 Å². The fourth-order valence-corrected chi connectivity index (χ4v) is 2.08. The van der Waals surface area contributed by atoms with E-state index in [1.165, 1.54) is 11.1 Å². The van der Waals surface area contributed by atoms with Gasteiger partial charge in [0, 0.05) is 11.0 Å². The van der Waals surface area contributed by atoms with Crippen LogP contribution in [0.1, 0.15) is 33.6 Å². The van der Waals surface area contributed by atoms with Crippen molar-refractivity contribution >= 4 is 5.78 Å². The van der Waals surface area contributed by atoms with Crippen molar-refractivity contribution in [1.29, 1.82) is 0 Å². The van der Waals surface area contributed by atoms with Crippen molar-refractivity contribution in [1.82, 2.24) is 0 Å². The number of rotatable bonds is 2. The SMILES string of the molecule is CC(C)(C)C(=O)C1=C(C2=CCC=C2)CC=C1. The van der Waals surface area contributed by atoms with E-state index in [2.05, 4.69) is 24.3 Å². The van der Waals surface area contributed by atoms with Crippen LogP contribution in [0, 0.1) is 5.41 Å². The predicted octanol–water partition coefficient (Wildman–Crippen LogP) is 3.74. The molecule has 0 unspecified atom stereocenters. The van der Waals surface area contributed by atoms with Crippen LogP contribution in [0.3, 0.4) is 0 Å². The number of carbonyl (C=O) groups excluding carboxylic acids is 1. The van der Waals surface area contributed by atoms with Crippen molar-refractivity contribution < 1.29 is 4.79 Å². The van der Waals surface area contributed by atoms with Gasteiger partial charge in [0.05, 0.1) is 0 Å². The topological polar surface area (TPSA) is 17.1 Å². The van der Waals surface area contributed by atoms with Gasteiger partial charge in [-0.15, -0.1) is 0 Å². The molecule has 1 nitrogen and oxygen atoms in total. The van der Waals surface area contributed by atoms with Crippen LogP contribution in [0.15, 0.2) is 47.1 Å². The first-order chi connectivity index (χ1) is 7.50. The van der Waals surface area contributed by atoms with E-state index in [9.17, 15) is 4.79 Å². The average molecular weight is 214 g/mol. The number of Topliss-reactive ketones (excluding diaryl/α,β-unsaturated/α-hetero) is 1. The Hall–Kier alpha value is -1.37. The van der Waals surface area contributed by atoms with Gasteiger partial charge in [-0.3, -0.25) is 4.79 Å². The van der Waals surface area contributed by atoms with Gasteiger partial charge >= 0.3 is 0 Å². The van der Waals surface area contributed by atoms with Crippen molar-refractivity contribution in [3.63, 3.8) is 0 Å². The molecule has 0 aliphatic heterocycles. The van der Waals surface area contributed by atoms with Crippen LogP contribution < -0.4 is 0 Å². The van der Waals surface area contributed by atoms with Crippen LogP contribution in [-0.2, 0) is 4.79 Å². The quantitative estimate of drug-likeness (QED) is 0.684. The molecule has 0 aromatic carbocycles. The molecule has 0 atom stereocenters. The van der Waals surface area contributed by atoms with E-state index in [4.69, 9.17) is 0 Å². The first-order valence-corrected chi connectivity index (χ1v) is 5.82. The van der Waals surface area contributed by atoms with Crippen LogP contribution >= 0.6 is 0 Å². The van der Waals surface area contributed by atoms with Crippen LogP contribution in [0.5, 0.6) is 0 Å². The second-order valence-corrected chi connectivity index (χ2v) is 5.38. The minimum absolute atomic E-state index is 0.248. The molecule has 0 radical (unpaired) electrons. The van der Waals surface area contributed by atoms with Gasteiger partial charge in [-0.2, -0.15) is 0 Å². The maximum atomic E-state index is 12.3. The number of hydrogen-bond donors (Lipinski definition) is 0. The van der Waals surface area contributed by atoms with Gasteiger partial charge in [0.1, 0.15) is 0 Å². The van der Waals surface area contributed by atoms with Gasteiger partial charge in [-0.05, 0) is 24.0 Å². The summed E-state index contributed by atoms with van der Waals surface area (Å²) >= 11 is 0. The third-order valence-electron chi connectivity index (χ3n) is 2.98. The zero-order valence-corrected chi connectivity index (χ0v) is 10.2. The molecule has 2 rings (SSSR count). The standard InChI is InChI=1S/C15H18O/c1-15(2,3)14(16)13-10-6-9-12(13)11-7-4-5-8-11/h4,6-8,10H,5,9H2,1-3H3. The summed E-state index contributed by atoms with van der Waals surface area (Å²) in [6.07, 6.45) is 12.4. The average Bonchev–Trinajstić information content (AvgIpc) is 2.85. The van der Waals surface area contributed by atoms with Gasteiger partial charge < -0.3 is 0 Å². The molecular weight excluding hydrogens is 196 g/mol. The third kappa shape index (κ3) is 1.95. The monoisotopic (exact) mass is 214 g/mol. The highest BCUT2D eigenvalue weighted by Crippen LogP contribution is 2.33. The third-order valence-corrected chi connectivity index (χ3v) is 2.98. The van der Waals surface area contributed by atoms with Crippen molar-refractivity contribution in [2.24, 2.45) is 5.41 Å². The Labute approximate surface area is 97.2 Å². The van der Waals surface area contributed by atoms with E-state index in [1.807, 2.05) is 26.8 Å². The molecule has 2 aliphatic rings. The molecule has 0 aromatic rings. The van der Waals surface area contributed by atoms with E-state index in [-0.39, 0.29) is 11.2 Å². The summed E-state index contributed by atoms with van der Waals surface area (Å²) < 4.78 is 0. The van der Waals surface area contributed by atoms with Crippen molar-refractivity contribution in [3.8, 4) is 0 Å². The molecule has 1 heteroatoms. The molecule has 2 aliphatic carbocycles. The Kier molecular flexibility index (Phi) is 2.71. The number of allylic oxidation sites excluding steroid dienone is 8. The van der Waals surface area contributed by atoms with E-state index >= 15 is 0 Å². The molecule has 0 spiro atoms. The van der Waals surface area contributed by atoms with Crippen molar-refractivity contribution in [2.45, 2.75) is 33.6 Å². The summed E-state index contributed by atoms with van der Waals surface area (Å²) in [6.45, 7) is 5.93. The predicted molar refractivity (Wildman–Crippen MR) is 67.1 cm³/mol. The van der Waals surface area contributed by atoms with Crippen LogP contribution in [-0.4, -0.2) is 5.78 Å². The zero-order valence-electron chi connectivity index (χ0n) is 10.2. The van der Waals surface area contributed by atoms with Gasteiger partial charge in [-0.25, -0.2) is 0 Å². The maximum absolute atomic E-state index is 12.3. The van der Waals surface area contributed by atoms with E-state index < -0.39 is 0 Å². The van der Waals surface area contributed by atoms with Crippen LogP contribution in [0.25, 0.3) is 0 Å². The summed E-state index contributed by atoms with van der Waals surface area (Å²) in [6, 6.07) is 0. The minimum atomic E-state index is -0.294. The maximum Gasteiger partial charge on any atom is 0.168 e.